The molecule has 7 nitrogen and oxygen atoms in total. The number of H-pyrrole nitrogens is 2. The molecule has 0 spiro atoms. The lowest BCUT2D eigenvalue weighted by Crippen LogP contribution is -2.46. The van der Waals surface area contributed by atoms with E-state index in [2.05, 4.69) is 15.3 Å². The number of aliphatic hydroxyl groups is 1. The number of aliphatic hydroxyl groups excluding tert-OH is 1. The van der Waals surface area contributed by atoms with Gasteiger partial charge in [-0.3, -0.25) is 14.6 Å². The van der Waals surface area contributed by atoms with Gasteiger partial charge in [-0.05, 0) is 33.1 Å². The molecule has 7 heteroatoms. The molecular formula is C14H23N3O4. The van der Waals surface area contributed by atoms with Crippen LogP contribution in [0.3, 0.4) is 0 Å². The van der Waals surface area contributed by atoms with Crippen LogP contribution in [-0.4, -0.2) is 33.1 Å². The van der Waals surface area contributed by atoms with Crippen molar-refractivity contribution in [2.24, 2.45) is 0 Å². The largest absolute Gasteiger partial charge is 0.396 e. The molecular weight excluding hydrogens is 274 g/mol. The molecule has 4 N–H and O–H groups in total. The summed E-state index contributed by atoms with van der Waals surface area (Å²) in [6.45, 7) is 5.45. The average molecular weight is 297 g/mol. The van der Waals surface area contributed by atoms with Crippen LogP contribution >= 0.6 is 0 Å². The lowest BCUT2D eigenvalue weighted by molar-refractivity contribution is -0.123. The molecule has 0 saturated heterocycles. The maximum absolute atomic E-state index is 12.0. The minimum Gasteiger partial charge on any atom is -0.396 e. The zero-order chi connectivity index (χ0) is 16.0. The molecule has 0 aromatic carbocycles. The highest BCUT2D eigenvalue weighted by molar-refractivity contribution is 5.77. The molecule has 0 aliphatic heterocycles. The minimum atomic E-state index is -0.549. The number of nitrogens with one attached hydrogen (secondary N) is 3. The summed E-state index contributed by atoms with van der Waals surface area (Å²) in [7, 11) is 0. The van der Waals surface area contributed by atoms with E-state index in [1.807, 2.05) is 13.8 Å². The van der Waals surface area contributed by atoms with Crippen LogP contribution in [-0.2, 0) is 11.2 Å². The number of carbonyl (C=O) groups is 1. The number of aromatic amines is 2. The Balaban J connectivity index is 2.70. The van der Waals surface area contributed by atoms with E-state index in [0.29, 0.717) is 24.1 Å². The van der Waals surface area contributed by atoms with Crippen molar-refractivity contribution in [3.8, 4) is 0 Å². The highest BCUT2D eigenvalue weighted by atomic mass is 16.3. The van der Waals surface area contributed by atoms with E-state index >= 15 is 0 Å². The third kappa shape index (κ3) is 4.86. The minimum absolute atomic E-state index is 0.00329. The summed E-state index contributed by atoms with van der Waals surface area (Å²) in [5.41, 5.74) is -0.571. The van der Waals surface area contributed by atoms with E-state index in [-0.39, 0.29) is 25.4 Å². The molecule has 21 heavy (non-hydrogen) atoms. The van der Waals surface area contributed by atoms with Crippen LogP contribution in [0.25, 0.3) is 0 Å². The van der Waals surface area contributed by atoms with Gasteiger partial charge in [0.25, 0.3) is 5.56 Å². The molecule has 0 saturated carbocycles. The van der Waals surface area contributed by atoms with Gasteiger partial charge in [0.2, 0.25) is 5.91 Å². The zero-order valence-electron chi connectivity index (χ0n) is 12.7. The summed E-state index contributed by atoms with van der Waals surface area (Å²) < 4.78 is 0. The molecule has 0 aliphatic rings. The third-order valence-electron chi connectivity index (χ3n) is 3.74. The topological polar surface area (TPSA) is 115 Å². The SMILES string of the molecule is CCC(C)(CCO)NC(=O)CCc1c(C)[nH]c(=O)[nH]c1=O. The third-order valence-corrected chi connectivity index (χ3v) is 3.74. The Morgan fingerprint density at radius 1 is 1.33 bits per heavy atom. The molecule has 1 heterocycles. The first-order chi connectivity index (χ1) is 9.81. The second kappa shape index (κ2) is 7.21. The summed E-state index contributed by atoms with van der Waals surface area (Å²) in [6.07, 6.45) is 1.59. The van der Waals surface area contributed by atoms with Crippen LogP contribution in [0.5, 0.6) is 0 Å². The van der Waals surface area contributed by atoms with Gasteiger partial charge in [-0.2, -0.15) is 0 Å². The lowest BCUT2D eigenvalue weighted by Gasteiger charge is -2.29. The Hall–Kier alpha value is -1.89. The van der Waals surface area contributed by atoms with E-state index in [4.69, 9.17) is 5.11 Å². The maximum Gasteiger partial charge on any atom is 0.325 e. The molecule has 1 aromatic rings. The van der Waals surface area contributed by atoms with Crippen LogP contribution in [0.2, 0.25) is 0 Å². The predicted molar refractivity (Wildman–Crippen MR) is 79.3 cm³/mol. The first-order valence-electron chi connectivity index (χ1n) is 7.05. The summed E-state index contributed by atoms with van der Waals surface area (Å²) in [6, 6.07) is 0. The molecule has 1 amide bonds. The molecule has 118 valence electrons. The molecule has 1 atom stereocenters. The summed E-state index contributed by atoms with van der Waals surface area (Å²) in [5, 5.41) is 11.9. The van der Waals surface area contributed by atoms with Crippen molar-refractivity contribution in [2.45, 2.75) is 52.0 Å². The van der Waals surface area contributed by atoms with Crippen LogP contribution in [0.4, 0.5) is 0 Å². The summed E-state index contributed by atoms with van der Waals surface area (Å²) in [5.74, 6) is -0.183. The van der Waals surface area contributed by atoms with Gasteiger partial charge >= 0.3 is 5.69 Å². The van der Waals surface area contributed by atoms with Gasteiger partial charge in [-0.1, -0.05) is 6.92 Å². The lowest BCUT2D eigenvalue weighted by atomic mass is 9.94. The smallest absolute Gasteiger partial charge is 0.325 e. The van der Waals surface area contributed by atoms with Crippen molar-refractivity contribution in [3.05, 3.63) is 32.1 Å². The molecule has 0 aliphatic carbocycles. The highest BCUT2D eigenvalue weighted by Crippen LogP contribution is 2.14. The van der Waals surface area contributed by atoms with Crippen molar-refractivity contribution in [2.75, 3.05) is 6.61 Å². The first kappa shape index (κ1) is 17.2. The highest BCUT2D eigenvalue weighted by Gasteiger charge is 2.23. The zero-order valence-corrected chi connectivity index (χ0v) is 12.7. The molecule has 0 radical (unpaired) electrons. The number of aromatic nitrogens is 2. The Labute approximate surface area is 122 Å². The molecule has 0 bridgehead atoms. The van der Waals surface area contributed by atoms with Gasteiger partial charge in [-0.25, -0.2) is 4.79 Å². The van der Waals surface area contributed by atoms with Crippen molar-refractivity contribution < 1.29 is 9.90 Å². The van der Waals surface area contributed by atoms with Crippen molar-refractivity contribution in [1.82, 2.24) is 15.3 Å². The fourth-order valence-electron chi connectivity index (χ4n) is 2.14. The normalized spacial score (nSPS) is 13.7. The maximum atomic E-state index is 12.0. The average Bonchev–Trinajstić information content (AvgIpc) is 2.37. The van der Waals surface area contributed by atoms with E-state index in [1.165, 1.54) is 0 Å². The number of amides is 1. The van der Waals surface area contributed by atoms with E-state index in [9.17, 15) is 14.4 Å². The van der Waals surface area contributed by atoms with Gasteiger partial charge in [0.05, 0.1) is 0 Å². The fourth-order valence-corrected chi connectivity index (χ4v) is 2.14. The van der Waals surface area contributed by atoms with Crippen molar-refractivity contribution in [1.29, 1.82) is 0 Å². The second-order valence-corrected chi connectivity index (χ2v) is 5.45. The first-order valence-corrected chi connectivity index (χ1v) is 7.05. The van der Waals surface area contributed by atoms with Crippen LogP contribution in [0.1, 0.15) is 44.4 Å². The van der Waals surface area contributed by atoms with E-state index in [0.717, 1.165) is 0 Å². The van der Waals surface area contributed by atoms with E-state index < -0.39 is 16.8 Å². The monoisotopic (exact) mass is 297 g/mol. The Kier molecular flexibility index (Phi) is 5.90. The van der Waals surface area contributed by atoms with Gasteiger partial charge < -0.3 is 15.4 Å². The molecule has 0 fully saturated rings. The van der Waals surface area contributed by atoms with Gasteiger partial charge in [0.15, 0.2) is 0 Å². The second-order valence-electron chi connectivity index (χ2n) is 5.45. The summed E-state index contributed by atoms with van der Waals surface area (Å²) in [4.78, 5) is 39.4. The number of hydrogen-bond acceptors (Lipinski definition) is 4. The van der Waals surface area contributed by atoms with Gasteiger partial charge in [-0.15, -0.1) is 0 Å². The number of hydrogen-bond donors (Lipinski definition) is 4. The van der Waals surface area contributed by atoms with Gasteiger partial charge in [0.1, 0.15) is 0 Å². The number of carbonyl (C=O) groups excluding carboxylic acids is 1. The van der Waals surface area contributed by atoms with Crippen LogP contribution in [0, 0.1) is 6.92 Å². The number of aryl methyl sites for hydroxylation is 1. The van der Waals surface area contributed by atoms with Gasteiger partial charge in [0, 0.05) is 29.8 Å². The van der Waals surface area contributed by atoms with Crippen molar-refractivity contribution >= 4 is 5.91 Å². The standard InChI is InChI=1S/C14H23N3O4/c1-4-14(3,7-8-18)17-11(19)6-5-10-9(2)15-13(21)16-12(10)20/h18H,4-8H2,1-3H3,(H,17,19)(H2,15,16,20,21). The predicted octanol–water partition coefficient (Wildman–Crippen LogP) is -0.0285. The molecule has 1 aromatic heterocycles. The number of rotatable bonds is 7. The Morgan fingerprint density at radius 3 is 2.52 bits per heavy atom. The van der Waals surface area contributed by atoms with Crippen LogP contribution < -0.4 is 16.6 Å². The summed E-state index contributed by atoms with van der Waals surface area (Å²) >= 11 is 0. The Morgan fingerprint density at radius 2 is 2.00 bits per heavy atom. The molecule has 1 unspecified atom stereocenters. The van der Waals surface area contributed by atoms with E-state index in [1.54, 1.807) is 6.92 Å². The molecule has 1 rings (SSSR count). The fraction of sp³-hybridized carbons (Fsp3) is 0.643. The van der Waals surface area contributed by atoms with Crippen LogP contribution in [0.15, 0.2) is 9.59 Å². The Bertz CT molecular complexity index is 605. The quantitative estimate of drug-likeness (QED) is 0.565. The van der Waals surface area contributed by atoms with Crippen molar-refractivity contribution in [3.63, 3.8) is 0 Å².